The Balaban J connectivity index is 1.47. The van der Waals surface area contributed by atoms with E-state index in [9.17, 15) is 8.78 Å². The molecule has 0 atom stereocenters. The van der Waals surface area contributed by atoms with Crippen molar-refractivity contribution < 1.29 is 18.3 Å². The molecule has 0 saturated carbocycles. The van der Waals surface area contributed by atoms with E-state index in [1.807, 2.05) is 18.2 Å². The van der Waals surface area contributed by atoms with E-state index in [0.717, 1.165) is 47.6 Å². The normalized spacial score (nSPS) is 14.2. The van der Waals surface area contributed by atoms with Gasteiger partial charge in [0.1, 0.15) is 5.82 Å². The maximum absolute atomic E-state index is 13.9. The fourth-order valence-electron chi connectivity index (χ4n) is 3.54. The van der Waals surface area contributed by atoms with Crippen LogP contribution in [0.3, 0.4) is 0 Å². The fraction of sp³-hybridized carbons (Fsp3) is 0.182. The molecule has 1 saturated heterocycles. The molecule has 6 nitrogen and oxygen atoms in total. The molecule has 158 valence electrons. The summed E-state index contributed by atoms with van der Waals surface area (Å²) in [6.07, 6.45) is 0. The summed E-state index contributed by atoms with van der Waals surface area (Å²) in [5.74, 6) is -1.47. The third kappa shape index (κ3) is 3.92. The van der Waals surface area contributed by atoms with Crippen LogP contribution in [-0.2, 0) is 4.74 Å². The van der Waals surface area contributed by atoms with Crippen LogP contribution in [0.15, 0.2) is 48.5 Å². The molecule has 5 rings (SSSR count). The Bertz CT molecular complexity index is 1260. The van der Waals surface area contributed by atoms with Crippen LogP contribution in [0, 0.1) is 11.6 Å². The van der Waals surface area contributed by atoms with Gasteiger partial charge in [0.15, 0.2) is 17.2 Å². The number of morpholine rings is 1. The average molecular weight is 443 g/mol. The monoisotopic (exact) mass is 442 g/mol. The van der Waals surface area contributed by atoms with Gasteiger partial charge in [-0.1, -0.05) is 11.6 Å². The average Bonchev–Trinajstić information content (AvgIpc) is 3.20. The van der Waals surface area contributed by atoms with E-state index in [1.54, 1.807) is 12.1 Å². The maximum atomic E-state index is 13.9. The van der Waals surface area contributed by atoms with E-state index in [2.05, 4.69) is 20.1 Å². The number of hydrogen-bond donors (Lipinski definition) is 1. The number of aromatic amines is 1. The molecule has 1 aliphatic rings. The summed E-state index contributed by atoms with van der Waals surface area (Å²) in [5, 5.41) is 8.57. The highest BCUT2D eigenvalue weighted by molar-refractivity contribution is 6.33. The third-order valence-electron chi connectivity index (χ3n) is 5.10. The fourth-order valence-corrected chi connectivity index (χ4v) is 3.75. The first-order valence-electron chi connectivity index (χ1n) is 9.69. The number of pyridine rings is 1. The molecule has 0 bridgehead atoms. The molecule has 4 aromatic rings. The Morgan fingerprint density at radius 1 is 1.03 bits per heavy atom. The minimum Gasteiger partial charge on any atom is -0.436 e. The zero-order valence-electron chi connectivity index (χ0n) is 16.2. The summed E-state index contributed by atoms with van der Waals surface area (Å²) < 4.78 is 37.8. The second kappa shape index (κ2) is 8.13. The van der Waals surface area contributed by atoms with Gasteiger partial charge in [-0.05, 0) is 36.4 Å². The van der Waals surface area contributed by atoms with E-state index in [-0.39, 0.29) is 11.6 Å². The van der Waals surface area contributed by atoms with E-state index < -0.39 is 11.6 Å². The SMILES string of the molecule is Fc1ccc(Oc2ccc3c(-c4cc(N5CCOCC5)ccc4Cl)[nH]nc3n2)c(F)c1. The van der Waals surface area contributed by atoms with Gasteiger partial charge in [-0.2, -0.15) is 10.1 Å². The topological polar surface area (TPSA) is 63.3 Å². The third-order valence-corrected chi connectivity index (χ3v) is 5.43. The predicted molar refractivity (Wildman–Crippen MR) is 114 cm³/mol. The lowest BCUT2D eigenvalue weighted by atomic mass is 10.1. The summed E-state index contributed by atoms with van der Waals surface area (Å²) in [6.45, 7) is 3.00. The highest BCUT2D eigenvalue weighted by Gasteiger charge is 2.17. The minimum absolute atomic E-state index is 0.120. The van der Waals surface area contributed by atoms with Gasteiger partial charge in [0.05, 0.1) is 23.9 Å². The number of halogens is 3. The summed E-state index contributed by atoms with van der Waals surface area (Å²) in [5.41, 5.74) is 2.96. The van der Waals surface area contributed by atoms with Crippen molar-refractivity contribution in [1.82, 2.24) is 15.2 Å². The molecule has 3 heterocycles. The van der Waals surface area contributed by atoms with Crippen LogP contribution in [-0.4, -0.2) is 41.5 Å². The first-order chi connectivity index (χ1) is 15.1. The molecule has 2 aromatic carbocycles. The van der Waals surface area contributed by atoms with Crippen LogP contribution in [0.1, 0.15) is 0 Å². The Morgan fingerprint density at radius 3 is 2.68 bits per heavy atom. The van der Waals surface area contributed by atoms with Gasteiger partial charge < -0.3 is 14.4 Å². The number of H-pyrrole nitrogens is 1. The zero-order chi connectivity index (χ0) is 21.4. The van der Waals surface area contributed by atoms with Crippen molar-refractivity contribution in [3.8, 4) is 22.9 Å². The maximum Gasteiger partial charge on any atom is 0.221 e. The van der Waals surface area contributed by atoms with Crippen molar-refractivity contribution in [2.24, 2.45) is 0 Å². The number of benzene rings is 2. The molecule has 2 aromatic heterocycles. The molecule has 31 heavy (non-hydrogen) atoms. The lowest BCUT2D eigenvalue weighted by Gasteiger charge is -2.29. The molecular weight excluding hydrogens is 426 g/mol. The molecule has 0 amide bonds. The lowest BCUT2D eigenvalue weighted by Crippen LogP contribution is -2.36. The van der Waals surface area contributed by atoms with Crippen LogP contribution < -0.4 is 9.64 Å². The number of nitrogens with one attached hydrogen (secondary N) is 1. The summed E-state index contributed by atoms with van der Waals surface area (Å²) >= 11 is 6.49. The summed E-state index contributed by atoms with van der Waals surface area (Å²) in [7, 11) is 0. The van der Waals surface area contributed by atoms with E-state index in [0.29, 0.717) is 23.9 Å². The van der Waals surface area contributed by atoms with Gasteiger partial charge >= 0.3 is 0 Å². The van der Waals surface area contributed by atoms with Gasteiger partial charge in [-0.15, -0.1) is 0 Å². The lowest BCUT2D eigenvalue weighted by molar-refractivity contribution is 0.122. The Morgan fingerprint density at radius 2 is 1.87 bits per heavy atom. The van der Waals surface area contributed by atoms with Crippen molar-refractivity contribution in [2.75, 3.05) is 31.2 Å². The highest BCUT2D eigenvalue weighted by atomic mass is 35.5. The van der Waals surface area contributed by atoms with E-state index >= 15 is 0 Å². The highest BCUT2D eigenvalue weighted by Crippen LogP contribution is 2.35. The largest absolute Gasteiger partial charge is 0.436 e. The molecule has 9 heteroatoms. The summed E-state index contributed by atoms with van der Waals surface area (Å²) in [4.78, 5) is 6.57. The molecule has 0 unspecified atom stereocenters. The molecule has 1 fully saturated rings. The van der Waals surface area contributed by atoms with Crippen molar-refractivity contribution in [3.05, 3.63) is 65.2 Å². The Labute approximate surface area is 181 Å². The number of ether oxygens (including phenoxy) is 2. The van der Waals surface area contributed by atoms with Crippen LogP contribution in [0.25, 0.3) is 22.3 Å². The smallest absolute Gasteiger partial charge is 0.221 e. The van der Waals surface area contributed by atoms with Crippen molar-refractivity contribution in [3.63, 3.8) is 0 Å². The Hall–Kier alpha value is -3.23. The first kappa shape index (κ1) is 19.7. The first-order valence-corrected chi connectivity index (χ1v) is 10.1. The van der Waals surface area contributed by atoms with E-state index in [1.165, 1.54) is 6.07 Å². The zero-order valence-corrected chi connectivity index (χ0v) is 17.0. The minimum atomic E-state index is -0.809. The molecule has 1 N–H and O–H groups in total. The molecule has 0 radical (unpaired) electrons. The van der Waals surface area contributed by atoms with Crippen LogP contribution in [0.2, 0.25) is 5.02 Å². The van der Waals surface area contributed by atoms with Crippen molar-refractivity contribution in [2.45, 2.75) is 0 Å². The second-order valence-corrected chi connectivity index (χ2v) is 7.47. The molecule has 0 spiro atoms. The Kier molecular flexibility index (Phi) is 5.17. The standard InChI is InChI=1S/C22H17ClF2N4O2/c23-17-4-2-14(29-7-9-30-10-8-29)12-16(17)21-15-3-6-20(26-22(15)28-27-21)31-19-5-1-13(24)11-18(19)25/h1-6,11-12H,7-10H2,(H,26,27,28). The number of anilines is 1. The van der Waals surface area contributed by atoms with Gasteiger partial charge in [-0.3, -0.25) is 5.10 Å². The van der Waals surface area contributed by atoms with Crippen molar-refractivity contribution in [1.29, 1.82) is 0 Å². The number of aromatic nitrogens is 3. The van der Waals surface area contributed by atoms with Crippen molar-refractivity contribution >= 4 is 28.3 Å². The van der Waals surface area contributed by atoms with Gasteiger partial charge in [0, 0.05) is 41.9 Å². The molecular formula is C22H17ClF2N4O2. The molecule has 0 aliphatic carbocycles. The van der Waals surface area contributed by atoms with Crippen LogP contribution >= 0.6 is 11.6 Å². The molecule has 1 aliphatic heterocycles. The second-order valence-electron chi connectivity index (χ2n) is 7.06. The number of nitrogens with zero attached hydrogens (tertiary/aromatic N) is 3. The summed E-state index contributed by atoms with van der Waals surface area (Å²) in [6, 6.07) is 12.3. The predicted octanol–water partition coefficient (Wildman–Crippen LogP) is 5.19. The number of hydrogen-bond acceptors (Lipinski definition) is 5. The number of rotatable bonds is 4. The van der Waals surface area contributed by atoms with Gasteiger partial charge in [0.25, 0.3) is 0 Å². The van der Waals surface area contributed by atoms with Crippen LogP contribution in [0.4, 0.5) is 14.5 Å². The quantitative estimate of drug-likeness (QED) is 0.471. The number of fused-ring (bicyclic) bond motifs is 1. The van der Waals surface area contributed by atoms with Gasteiger partial charge in [0.2, 0.25) is 5.88 Å². The van der Waals surface area contributed by atoms with Crippen LogP contribution in [0.5, 0.6) is 11.6 Å². The van der Waals surface area contributed by atoms with E-state index in [4.69, 9.17) is 21.1 Å². The van der Waals surface area contributed by atoms with Gasteiger partial charge in [-0.25, -0.2) is 8.78 Å².